The van der Waals surface area contributed by atoms with Gasteiger partial charge in [-0.25, -0.2) is 0 Å². The molecule has 18 heavy (non-hydrogen) atoms. The van der Waals surface area contributed by atoms with Crippen molar-refractivity contribution in [3.8, 4) is 0 Å². The molecule has 0 saturated carbocycles. The van der Waals surface area contributed by atoms with Crippen molar-refractivity contribution in [2.45, 2.75) is 12.1 Å². The molecule has 0 aliphatic rings. The number of aliphatic hydroxyl groups excluding tert-OH is 1. The molecule has 0 radical (unpaired) electrons. The molecule has 92 valence electrons. The number of rotatable bonds is 4. The van der Waals surface area contributed by atoms with Crippen LogP contribution in [0.5, 0.6) is 0 Å². The van der Waals surface area contributed by atoms with Crippen LogP contribution in [0, 0.1) is 10.1 Å². The van der Waals surface area contributed by atoms with E-state index in [1.807, 2.05) is 0 Å². The van der Waals surface area contributed by atoms with E-state index < -0.39 is 17.1 Å². The number of nitrogens with zero attached hydrogens (tertiary/aromatic N) is 1. The molecule has 2 rings (SSSR count). The lowest BCUT2D eigenvalue weighted by Gasteiger charge is -2.16. The Balaban J connectivity index is 2.35. The maximum Gasteiger partial charge on any atom is 0.267 e. The molecular formula is C14H13NO3. The first-order chi connectivity index (χ1) is 8.70. The zero-order valence-electron chi connectivity index (χ0n) is 9.64. The van der Waals surface area contributed by atoms with Crippen molar-refractivity contribution < 1.29 is 10.0 Å². The van der Waals surface area contributed by atoms with Gasteiger partial charge in [-0.2, -0.15) is 0 Å². The van der Waals surface area contributed by atoms with Crippen LogP contribution >= 0.6 is 0 Å². The van der Waals surface area contributed by atoms with Crippen molar-refractivity contribution in [3.05, 3.63) is 81.9 Å². The first-order valence-corrected chi connectivity index (χ1v) is 5.61. The average Bonchev–Trinajstić information content (AvgIpc) is 2.40. The summed E-state index contributed by atoms with van der Waals surface area (Å²) in [6, 6.07) is 16.1. The van der Waals surface area contributed by atoms with E-state index in [4.69, 9.17) is 0 Å². The molecule has 0 aliphatic heterocycles. The van der Waals surface area contributed by atoms with Crippen molar-refractivity contribution in [1.82, 2.24) is 0 Å². The molecule has 0 amide bonds. The Morgan fingerprint density at radius 3 is 1.78 bits per heavy atom. The van der Waals surface area contributed by atoms with E-state index in [2.05, 4.69) is 0 Å². The van der Waals surface area contributed by atoms with Crippen molar-refractivity contribution in [3.63, 3.8) is 0 Å². The molecule has 2 aromatic carbocycles. The zero-order valence-corrected chi connectivity index (χ0v) is 9.64. The quantitative estimate of drug-likeness (QED) is 0.663. The number of aliphatic hydroxyl groups is 1. The lowest BCUT2D eigenvalue weighted by molar-refractivity contribution is -0.542. The molecule has 0 aliphatic carbocycles. The van der Waals surface area contributed by atoms with Crippen LogP contribution in [0.2, 0.25) is 0 Å². The van der Waals surface area contributed by atoms with Gasteiger partial charge >= 0.3 is 0 Å². The summed E-state index contributed by atoms with van der Waals surface area (Å²) in [6.07, 6.45) is -1.15. The smallest absolute Gasteiger partial charge is 0.267 e. The Hall–Kier alpha value is -2.20. The van der Waals surface area contributed by atoms with Gasteiger partial charge in [0.1, 0.15) is 0 Å². The molecule has 0 aromatic heterocycles. The van der Waals surface area contributed by atoms with Crippen LogP contribution in [0.3, 0.4) is 0 Å². The van der Waals surface area contributed by atoms with Gasteiger partial charge in [0, 0.05) is 10.5 Å². The summed E-state index contributed by atoms with van der Waals surface area (Å²) < 4.78 is 0. The average molecular weight is 243 g/mol. The second kappa shape index (κ2) is 5.42. The lowest BCUT2D eigenvalue weighted by Crippen LogP contribution is -2.19. The Kier molecular flexibility index (Phi) is 3.69. The third-order valence-corrected chi connectivity index (χ3v) is 2.81. The lowest BCUT2D eigenvalue weighted by atomic mass is 9.96. The van der Waals surface area contributed by atoms with Gasteiger partial charge in [-0.3, -0.25) is 10.1 Å². The van der Waals surface area contributed by atoms with Crippen molar-refractivity contribution in [2.24, 2.45) is 0 Å². The summed E-state index contributed by atoms with van der Waals surface area (Å²) in [5.41, 5.74) is 1.04. The predicted molar refractivity (Wildman–Crippen MR) is 67.6 cm³/mol. The number of nitro groups is 1. The van der Waals surface area contributed by atoms with E-state index in [1.165, 1.54) is 0 Å². The molecule has 0 heterocycles. The second-order valence-electron chi connectivity index (χ2n) is 4.00. The van der Waals surface area contributed by atoms with Gasteiger partial charge in [-0.15, -0.1) is 0 Å². The highest BCUT2D eigenvalue weighted by atomic mass is 16.6. The maximum absolute atomic E-state index is 11.2. The molecule has 1 N–H and O–H groups in total. The van der Waals surface area contributed by atoms with Crippen molar-refractivity contribution in [1.29, 1.82) is 0 Å². The number of benzene rings is 2. The molecule has 2 aromatic rings. The summed E-state index contributed by atoms with van der Waals surface area (Å²) in [6.45, 7) is 0. The van der Waals surface area contributed by atoms with Gasteiger partial charge in [0.25, 0.3) is 6.04 Å². The van der Waals surface area contributed by atoms with E-state index in [0.717, 1.165) is 0 Å². The van der Waals surface area contributed by atoms with Gasteiger partial charge in [-0.05, 0) is 5.56 Å². The Morgan fingerprint density at radius 2 is 1.33 bits per heavy atom. The van der Waals surface area contributed by atoms with E-state index >= 15 is 0 Å². The van der Waals surface area contributed by atoms with Crippen LogP contribution in [0.1, 0.15) is 23.3 Å². The summed E-state index contributed by atoms with van der Waals surface area (Å²) in [7, 11) is 0. The second-order valence-corrected chi connectivity index (χ2v) is 4.00. The van der Waals surface area contributed by atoms with Gasteiger partial charge in [0.05, 0.1) is 0 Å². The Labute approximate surface area is 105 Å². The number of hydrogen-bond acceptors (Lipinski definition) is 3. The van der Waals surface area contributed by atoms with E-state index in [-0.39, 0.29) is 0 Å². The number of hydrogen-bond donors (Lipinski definition) is 1. The van der Waals surface area contributed by atoms with Crippen molar-refractivity contribution in [2.75, 3.05) is 0 Å². The van der Waals surface area contributed by atoms with Crippen LogP contribution in [-0.4, -0.2) is 10.0 Å². The van der Waals surface area contributed by atoms with Gasteiger partial charge < -0.3 is 5.11 Å². The van der Waals surface area contributed by atoms with E-state index in [0.29, 0.717) is 11.1 Å². The molecule has 1 unspecified atom stereocenters. The normalized spacial score (nSPS) is 13.8. The monoisotopic (exact) mass is 243 g/mol. The molecular weight excluding hydrogens is 230 g/mol. The summed E-state index contributed by atoms with van der Waals surface area (Å²) >= 11 is 0. The molecule has 0 bridgehead atoms. The molecule has 0 fully saturated rings. The van der Waals surface area contributed by atoms with Crippen LogP contribution in [0.25, 0.3) is 0 Å². The molecule has 0 spiro atoms. The van der Waals surface area contributed by atoms with Gasteiger partial charge in [0.15, 0.2) is 6.10 Å². The van der Waals surface area contributed by atoms with Crippen LogP contribution in [0.4, 0.5) is 0 Å². The predicted octanol–water partition coefficient (Wildman–Crippen LogP) is 2.74. The topological polar surface area (TPSA) is 63.4 Å². The standard InChI is InChI=1S/C14H13NO3/c16-14(12-9-5-2-6-10-12)13(15(17)18)11-7-3-1-4-8-11/h1-10,13-14,16H/t13?,14-/m0/s1. The first kappa shape index (κ1) is 12.3. The highest BCUT2D eigenvalue weighted by Crippen LogP contribution is 2.30. The minimum atomic E-state index is -1.15. The van der Waals surface area contributed by atoms with Crippen LogP contribution < -0.4 is 0 Å². The summed E-state index contributed by atoms with van der Waals surface area (Å²) in [5, 5.41) is 21.3. The first-order valence-electron chi connectivity index (χ1n) is 5.61. The highest BCUT2D eigenvalue weighted by molar-refractivity contribution is 5.24. The summed E-state index contributed by atoms with van der Waals surface area (Å²) in [5.74, 6) is 0. The third kappa shape index (κ3) is 2.55. The Bertz CT molecular complexity index is 513. The molecule has 4 heteroatoms. The fourth-order valence-corrected chi connectivity index (χ4v) is 1.90. The molecule has 0 saturated heterocycles. The SMILES string of the molecule is O=[N+]([O-])C(c1ccccc1)[C@@H](O)c1ccccc1. The minimum absolute atomic E-state index is 0.451. The highest BCUT2D eigenvalue weighted by Gasteiger charge is 2.32. The third-order valence-electron chi connectivity index (χ3n) is 2.81. The van der Waals surface area contributed by atoms with Crippen LogP contribution in [0.15, 0.2) is 60.7 Å². The van der Waals surface area contributed by atoms with Crippen LogP contribution in [-0.2, 0) is 0 Å². The maximum atomic E-state index is 11.2. The molecule has 4 nitrogen and oxygen atoms in total. The van der Waals surface area contributed by atoms with Gasteiger partial charge in [-0.1, -0.05) is 60.7 Å². The fourth-order valence-electron chi connectivity index (χ4n) is 1.90. The minimum Gasteiger partial charge on any atom is -0.381 e. The zero-order chi connectivity index (χ0) is 13.0. The Morgan fingerprint density at radius 1 is 0.889 bits per heavy atom. The largest absolute Gasteiger partial charge is 0.381 e. The van der Waals surface area contributed by atoms with E-state index in [9.17, 15) is 15.2 Å². The van der Waals surface area contributed by atoms with Gasteiger partial charge in [0.2, 0.25) is 0 Å². The molecule has 2 atom stereocenters. The van der Waals surface area contributed by atoms with Crippen molar-refractivity contribution >= 4 is 0 Å². The fraction of sp³-hybridized carbons (Fsp3) is 0.143. The summed E-state index contributed by atoms with van der Waals surface area (Å²) in [4.78, 5) is 10.7. The van der Waals surface area contributed by atoms with E-state index in [1.54, 1.807) is 60.7 Å².